The monoisotopic (exact) mass is 170 g/mol. The molecule has 0 amide bonds. The van der Waals surface area contributed by atoms with Gasteiger partial charge in [0.05, 0.1) is 19.8 Å². The molecule has 0 atom stereocenters. The van der Waals surface area contributed by atoms with Gasteiger partial charge in [-0.2, -0.15) is 0 Å². The number of hydrogen-bond donors (Lipinski definition) is 1. The first-order chi connectivity index (χ1) is 5.86. The summed E-state index contributed by atoms with van der Waals surface area (Å²) in [4.78, 5) is 0. The molecule has 1 fully saturated rings. The highest BCUT2D eigenvalue weighted by Crippen LogP contribution is 2.13. The second-order valence-electron chi connectivity index (χ2n) is 2.65. The second-order valence-corrected chi connectivity index (χ2v) is 2.65. The zero-order chi connectivity index (χ0) is 8.81. The summed E-state index contributed by atoms with van der Waals surface area (Å²) in [5.41, 5.74) is 3.50. The normalized spacial score (nSPS) is 17.8. The van der Waals surface area contributed by atoms with E-state index in [0.29, 0.717) is 13.2 Å². The van der Waals surface area contributed by atoms with E-state index in [0.717, 1.165) is 18.4 Å². The van der Waals surface area contributed by atoms with Gasteiger partial charge in [0.1, 0.15) is 0 Å². The Morgan fingerprint density at radius 1 is 1.50 bits per heavy atom. The quantitative estimate of drug-likeness (QED) is 0.635. The molecule has 0 aliphatic carbocycles. The maximum Gasteiger partial charge on any atom is 0.158 e. The van der Waals surface area contributed by atoms with Crippen LogP contribution in [0.4, 0.5) is 0 Å². The van der Waals surface area contributed by atoms with E-state index in [1.807, 2.05) is 0 Å². The molecular weight excluding hydrogens is 156 g/mol. The molecule has 0 saturated carbocycles. The molecule has 1 N–H and O–H groups in total. The first kappa shape index (κ1) is 9.49. The molecule has 0 unspecified atom stereocenters. The second kappa shape index (κ2) is 5.12. The van der Waals surface area contributed by atoms with Gasteiger partial charge in [0.25, 0.3) is 0 Å². The van der Waals surface area contributed by atoms with Gasteiger partial charge in [0.2, 0.25) is 0 Å². The Bertz CT molecular complexity index is 176. The van der Waals surface area contributed by atoms with Crippen LogP contribution < -0.4 is 0 Å². The van der Waals surface area contributed by atoms with Crippen molar-refractivity contribution in [3.05, 3.63) is 17.9 Å². The van der Waals surface area contributed by atoms with E-state index in [-0.39, 0.29) is 12.9 Å². The smallest absolute Gasteiger partial charge is 0.158 e. The number of hydrogen-bond acceptors (Lipinski definition) is 3. The molecule has 12 heavy (non-hydrogen) atoms. The Balaban J connectivity index is 2.19. The van der Waals surface area contributed by atoms with Gasteiger partial charge >= 0.3 is 0 Å². The van der Waals surface area contributed by atoms with E-state index in [9.17, 15) is 0 Å². The van der Waals surface area contributed by atoms with Gasteiger partial charge in [-0.3, -0.25) is 0 Å². The number of rotatable bonds is 4. The van der Waals surface area contributed by atoms with E-state index in [1.54, 1.807) is 0 Å². The van der Waals surface area contributed by atoms with Crippen LogP contribution in [0.15, 0.2) is 17.9 Å². The molecule has 1 heterocycles. The van der Waals surface area contributed by atoms with Crippen LogP contribution in [0.25, 0.3) is 0 Å². The van der Waals surface area contributed by atoms with Gasteiger partial charge in [0, 0.05) is 6.42 Å². The predicted octanol–water partition coefficient (Wildman–Crippen LogP) is 0.843. The van der Waals surface area contributed by atoms with E-state index in [1.165, 1.54) is 0 Å². The topological polar surface area (TPSA) is 38.7 Å². The summed E-state index contributed by atoms with van der Waals surface area (Å²) in [7, 11) is 0. The lowest BCUT2D eigenvalue weighted by molar-refractivity contribution is -0.0464. The Kier molecular flexibility index (Phi) is 4.05. The molecule has 1 saturated heterocycles. The van der Waals surface area contributed by atoms with Gasteiger partial charge in [0.15, 0.2) is 6.29 Å². The molecule has 0 aromatic rings. The molecule has 68 valence electrons. The summed E-state index contributed by atoms with van der Waals surface area (Å²) in [6, 6.07) is 0. The average Bonchev–Trinajstić information content (AvgIpc) is 2.59. The van der Waals surface area contributed by atoms with Crippen molar-refractivity contribution in [2.45, 2.75) is 19.1 Å². The van der Waals surface area contributed by atoms with Crippen LogP contribution >= 0.6 is 0 Å². The molecule has 0 spiro atoms. The van der Waals surface area contributed by atoms with Crippen molar-refractivity contribution in [3.63, 3.8) is 0 Å². The highest BCUT2D eigenvalue weighted by Gasteiger charge is 2.15. The Labute approximate surface area is 72.3 Å². The third-order valence-corrected chi connectivity index (χ3v) is 1.81. The molecule has 0 bridgehead atoms. The van der Waals surface area contributed by atoms with Crippen molar-refractivity contribution in [2.24, 2.45) is 0 Å². The van der Waals surface area contributed by atoms with Crippen molar-refractivity contribution in [1.29, 1.82) is 0 Å². The van der Waals surface area contributed by atoms with Gasteiger partial charge in [-0.15, -0.1) is 5.73 Å². The van der Waals surface area contributed by atoms with E-state index in [2.05, 4.69) is 12.3 Å². The lowest BCUT2D eigenvalue weighted by Gasteiger charge is -2.07. The van der Waals surface area contributed by atoms with Gasteiger partial charge in [-0.05, 0) is 12.0 Å². The van der Waals surface area contributed by atoms with Crippen molar-refractivity contribution in [1.82, 2.24) is 0 Å². The molecule has 1 rings (SSSR count). The average molecular weight is 170 g/mol. The van der Waals surface area contributed by atoms with Crippen molar-refractivity contribution < 1.29 is 14.6 Å². The number of aliphatic hydroxyl groups is 1. The van der Waals surface area contributed by atoms with Gasteiger partial charge < -0.3 is 14.6 Å². The Morgan fingerprint density at radius 2 is 2.17 bits per heavy atom. The minimum atomic E-state index is -0.0973. The van der Waals surface area contributed by atoms with Crippen molar-refractivity contribution in [2.75, 3.05) is 19.8 Å². The molecule has 3 heteroatoms. The standard InChI is InChI=1S/C9H14O3/c1-2-8(7-10)3-4-9-11-5-6-12-9/h9-10H,1,3-7H2. The third-order valence-electron chi connectivity index (χ3n) is 1.81. The van der Waals surface area contributed by atoms with Crippen LogP contribution in [0.2, 0.25) is 0 Å². The van der Waals surface area contributed by atoms with E-state index < -0.39 is 0 Å². The number of ether oxygens (including phenoxy) is 2. The maximum atomic E-state index is 8.78. The molecule has 0 aromatic carbocycles. The highest BCUT2D eigenvalue weighted by molar-refractivity contribution is 4.98. The Morgan fingerprint density at radius 3 is 2.67 bits per heavy atom. The molecular formula is C9H14O3. The fourth-order valence-corrected chi connectivity index (χ4v) is 1.09. The summed E-state index contributed by atoms with van der Waals surface area (Å²) in [6.45, 7) is 4.85. The summed E-state index contributed by atoms with van der Waals surface area (Å²) in [5, 5.41) is 8.78. The van der Waals surface area contributed by atoms with Crippen LogP contribution in [-0.4, -0.2) is 31.2 Å². The van der Waals surface area contributed by atoms with Crippen LogP contribution in [0.3, 0.4) is 0 Å². The van der Waals surface area contributed by atoms with Crippen LogP contribution in [0.5, 0.6) is 0 Å². The first-order valence-electron chi connectivity index (χ1n) is 4.08. The molecule has 0 aromatic heterocycles. The Hall–Kier alpha value is -0.600. The maximum absolute atomic E-state index is 8.78. The minimum Gasteiger partial charge on any atom is -0.391 e. The third kappa shape index (κ3) is 2.80. The molecule has 1 aliphatic heterocycles. The lowest BCUT2D eigenvalue weighted by atomic mass is 10.1. The summed E-state index contributed by atoms with van der Waals surface area (Å²) < 4.78 is 10.5. The molecule has 3 nitrogen and oxygen atoms in total. The van der Waals surface area contributed by atoms with Crippen LogP contribution in [0, 0.1) is 0 Å². The van der Waals surface area contributed by atoms with E-state index in [4.69, 9.17) is 14.6 Å². The van der Waals surface area contributed by atoms with Crippen LogP contribution in [0.1, 0.15) is 12.8 Å². The SMILES string of the molecule is C=C=C(CO)CCC1OCCO1. The van der Waals surface area contributed by atoms with Crippen LogP contribution in [-0.2, 0) is 9.47 Å². The van der Waals surface area contributed by atoms with Crippen molar-refractivity contribution >= 4 is 0 Å². The molecule has 1 aliphatic rings. The zero-order valence-electron chi connectivity index (χ0n) is 7.08. The molecule has 0 radical (unpaired) electrons. The van der Waals surface area contributed by atoms with Crippen molar-refractivity contribution in [3.8, 4) is 0 Å². The predicted molar refractivity (Wildman–Crippen MR) is 44.7 cm³/mol. The highest BCUT2D eigenvalue weighted by atomic mass is 16.7. The van der Waals surface area contributed by atoms with Gasteiger partial charge in [-0.1, -0.05) is 6.58 Å². The number of aliphatic hydroxyl groups excluding tert-OH is 1. The van der Waals surface area contributed by atoms with Gasteiger partial charge in [-0.25, -0.2) is 0 Å². The first-order valence-corrected chi connectivity index (χ1v) is 4.08. The minimum absolute atomic E-state index is 0.0240. The van der Waals surface area contributed by atoms with E-state index >= 15 is 0 Å². The summed E-state index contributed by atoms with van der Waals surface area (Å²) in [5.74, 6) is 0. The fraction of sp³-hybridized carbons (Fsp3) is 0.667. The summed E-state index contributed by atoms with van der Waals surface area (Å²) >= 11 is 0. The zero-order valence-corrected chi connectivity index (χ0v) is 7.08. The lowest BCUT2D eigenvalue weighted by Crippen LogP contribution is -2.07. The largest absolute Gasteiger partial charge is 0.391 e. The fourth-order valence-electron chi connectivity index (χ4n) is 1.09. The summed E-state index contributed by atoms with van der Waals surface area (Å²) in [6.07, 6.45) is 1.42.